The van der Waals surface area contributed by atoms with Gasteiger partial charge in [0.25, 0.3) is 0 Å². The third-order valence-electron chi connectivity index (χ3n) is 2.99. The van der Waals surface area contributed by atoms with Crippen molar-refractivity contribution in [3.8, 4) is 0 Å². The first-order chi connectivity index (χ1) is 6.91. The molecule has 1 aliphatic heterocycles. The molecule has 0 aromatic heterocycles. The fourth-order valence-electron chi connectivity index (χ4n) is 2.15. The van der Waals surface area contributed by atoms with Gasteiger partial charge in [-0.1, -0.05) is 6.92 Å². The van der Waals surface area contributed by atoms with Crippen LogP contribution in [0.4, 0.5) is 0 Å². The van der Waals surface area contributed by atoms with Crippen LogP contribution >= 0.6 is 0 Å². The first kappa shape index (κ1) is 12.2. The lowest BCUT2D eigenvalue weighted by Crippen LogP contribution is -2.36. The molecule has 0 saturated carbocycles. The number of carbonyl (C=O) groups is 2. The van der Waals surface area contributed by atoms with Crippen molar-refractivity contribution >= 4 is 11.7 Å². The lowest BCUT2D eigenvalue weighted by molar-refractivity contribution is -0.134. The van der Waals surface area contributed by atoms with E-state index < -0.39 is 0 Å². The van der Waals surface area contributed by atoms with Gasteiger partial charge >= 0.3 is 0 Å². The molecular weight excluding hydrogens is 192 g/mol. The predicted molar refractivity (Wildman–Crippen MR) is 58.5 cm³/mol. The predicted octanol–water partition coefficient (Wildman–Crippen LogP) is 0.374. The Balaban J connectivity index is 2.54. The number of hydrogen-bond donors (Lipinski definition) is 0. The molecule has 0 N–H and O–H groups in total. The zero-order valence-corrected chi connectivity index (χ0v) is 9.99. The molecule has 15 heavy (non-hydrogen) atoms. The summed E-state index contributed by atoms with van der Waals surface area (Å²) in [6, 6.07) is 0.418. The lowest BCUT2D eigenvalue weighted by Gasteiger charge is -2.22. The minimum Gasteiger partial charge on any atom is -0.340 e. The Labute approximate surface area is 91.2 Å². The zero-order chi connectivity index (χ0) is 11.6. The van der Waals surface area contributed by atoms with E-state index in [1.807, 2.05) is 14.1 Å². The summed E-state index contributed by atoms with van der Waals surface area (Å²) in [6.45, 7) is 5.13. The monoisotopic (exact) mass is 212 g/mol. The second-order valence-electron chi connectivity index (χ2n) is 4.69. The highest BCUT2D eigenvalue weighted by atomic mass is 16.2. The Morgan fingerprint density at radius 3 is 2.33 bits per heavy atom. The third-order valence-corrected chi connectivity index (χ3v) is 2.99. The molecule has 1 fully saturated rings. The number of ketones is 1. The van der Waals surface area contributed by atoms with Crippen molar-refractivity contribution in [3.05, 3.63) is 0 Å². The quantitative estimate of drug-likeness (QED) is 0.635. The molecule has 0 aromatic rings. The van der Waals surface area contributed by atoms with Crippen molar-refractivity contribution in [1.29, 1.82) is 0 Å². The molecule has 86 valence electrons. The topological polar surface area (TPSA) is 40.6 Å². The number of nitrogens with zero attached hydrogens (tertiary/aromatic N) is 2. The van der Waals surface area contributed by atoms with E-state index in [0.29, 0.717) is 12.0 Å². The van der Waals surface area contributed by atoms with Crippen LogP contribution in [0, 0.1) is 5.92 Å². The van der Waals surface area contributed by atoms with Crippen LogP contribution < -0.4 is 0 Å². The van der Waals surface area contributed by atoms with E-state index in [-0.39, 0.29) is 18.1 Å². The molecule has 1 rings (SSSR count). The zero-order valence-electron chi connectivity index (χ0n) is 9.99. The van der Waals surface area contributed by atoms with Gasteiger partial charge < -0.3 is 9.80 Å². The molecule has 2 unspecified atom stereocenters. The van der Waals surface area contributed by atoms with E-state index in [4.69, 9.17) is 0 Å². The molecule has 1 aliphatic rings. The third kappa shape index (κ3) is 3.02. The fraction of sp³-hybridized carbons (Fsp3) is 0.818. The minimum atomic E-state index is -0.0547. The molecule has 0 aromatic carbocycles. The van der Waals surface area contributed by atoms with Crippen molar-refractivity contribution in [3.63, 3.8) is 0 Å². The van der Waals surface area contributed by atoms with Crippen LogP contribution in [-0.2, 0) is 9.59 Å². The number of likely N-dealkylation sites (tertiary alicyclic amines) is 1. The van der Waals surface area contributed by atoms with Crippen LogP contribution in [0.1, 0.15) is 20.3 Å². The molecule has 1 amide bonds. The number of carbonyl (C=O) groups excluding carboxylic acids is 2. The smallest absolute Gasteiger partial charge is 0.230 e. The maximum absolute atomic E-state index is 11.7. The van der Waals surface area contributed by atoms with E-state index >= 15 is 0 Å². The summed E-state index contributed by atoms with van der Waals surface area (Å²) in [7, 11) is 4.06. The van der Waals surface area contributed by atoms with Crippen LogP contribution in [0.25, 0.3) is 0 Å². The normalized spacial score (nSPS) is 26.1. The minimum absolute atomic E-state index is 0.0290. The Morgan fingerprint density at radius 1 is 1.33 bits per heavy atom. The molecule has 1 saturated heterocycles. The molecule has 0 bridgehead atoms. The van der Waals surface area contributed by atoms with Gasteiger partial charge in [0.15, 0.2) is 0 Å². The Bertz CT molecular complexity index is 263. The fourth-order valence-corrected chi connectivity index (χ4v) is 2.15. The van der Waals surface area contributed by atoms with Crippen molar-refractivity contribution in [1.82, 2.24) is 9.80 Å². The van der Waals surface area contributed by atoms with Crippen molar-refractivity contribution < 1.29 is 9.59 Å². The van der Waals surface area contributed by atoms with Gasteiger partial charge in [-0.05, 0) is 26.9 Å². The van der Waals surface area contributed by atoms with Crippen LogP contribution in [-0.4, -0.2) is 54.7 Å². The molecular formula is C11H20N2O2. The second-order valence-corrected chi connectivity index (χ2v) is 4.69. The number of rotatable bonds is 3. The average Bonchev–Trinajstić information content (AvgIpc) is 2.46. The summed E-state index contributed by atoms with van der Waals surface area (Å²) in [4.78, 5) is 26.5. The second kappa shape index (κ2) is 4.75. The SMILES string of the molecule is CC(=O)CC(=O)N1CC(C)C(N(C)C)C1. The van der Waals surface area contributed by atoms with E-state index in [9.17, 15) is 9.59 Å². The molecule has 0 radical (unpaired) electrons. The Hall–Kier alpha value is -0.900. The van der Waals surface area contributed by atoms with Gasteiger partial charge in [0.2, 0.25) is 5.91 Å². The number of amides is 1. The maximum atomic E-state index is 11.7. The summed E-state index contributed by atoms with van der Waals surface area (Å²) in [6.07, 6.45) is 0.0485. The van der Waals surface area contributed by atoms with Gasteiger partial charge in [-0.25, -0.2) is 0 Å². The first-order valence-electron chi connectivity index (χ1n) is 5.35. The van der Waals surface area contributed by atoms with Crippen LogP contribution in [0.3, 0.4) is 0 Å². The number of Topliss-reactive ketones (excluding diaryl/α,β-unsaturated/α-hetero) is 1. The van der Waals surface area contributed by atoms with E-state index in [0.717, 1.165) is 13.1 Å². The maximum Gasteiger partial charge on any atom is 0.230 e. The van der Waals surface area contributed by atoms with Gasteiger partial charge in [-0.2, -0.15) is 0 Å². The summed E-state index contributed by atoms with van der Waals surface area (Å²) in [5.41, 5.74) is 0. The van der Waals surface area contributed by atoms with Crippen molar-refractivity contribution in [2.24, 2.45) is 5.92 Å². The summed E-state index contributed by atoms with van der Waals surface area (Å²) in [5.74, 6) is 0.399. The first-order valence-corrected chi connectivity index (χ1v) is 5.35. The van der Waals surface area contributed by atoms with E-state index in [2.05, 4.69) is 11.8 Å². The van der Waals surface area contributed by atoms with Gasteiger partial charge in [0, 0.05) is 19.1 Å². The Kier molecular flexibility index (Phi) is 3.85. The average molecular weight is 212 g/mol. The molecule has 2 atom stereocenters. The summed E-state index contributed by atoms with van der Waals surface area (Å²) < 4.78 is 0. The summed E-state index contributed by atoms with van der Waals surface area (Å²) in [5, 5.41) is 0. The molecule has 0 spiro atoms. The largest absolute Gasteiger partial charge is 0.340 e. The molecule has 4 nitrogen and oxygen atoms in total. The van der Waals surface area contributed by atoms with E-state index in [1.54, 1.807) is 4.90 Å². The Morgan fingerprint density at radius 2 is 1.93 bits per heavy atom. The van der Waals surface area contributed by atoms with Gasteiger partial charge in [-0.15, -0.1) is 0 Å². The number of hydrogen-bond acceptors (Lipinski definition) is 3. The van der Waals surface area contributed by atoms with Gasteiger partial charge in [0.05, 0.1) is 6.42 Å². The molecule has 0 aliphatic carbocycles. The van der Waals surface area contributed by atoms with E-state index in [1.165, 1.54) is 6.92 Å². The van der Waals surface area contributed by atoms with Crippen LogP contribution in [0.5, 0.6) is 0 Å². The number of likely N-dealkylation sites (N-methyl/N-ethyl adjacent to an activating group) is 1. The lowest BCUT2D eigenvalue weighted by atomic mass is 10.1. The van der Waals surface area contributed by atoms with Crippen molar-refractivity contribution in [2.45, 2.75) is 26.3 Å². The van der Waals surface area contributed by atoms with Crippen LogP contribution in [0.2, 0.25) is 0 Å². The van der Waals surface area contributed by atoms with Gasteiger partial charge in [-0.3, -0.25) is 9.59 Å². The molecule has 4 heteroatoms. The highest BCUT2D eigenvalue weighted by molar-refractivity contribution is 5.96. The molecule has 1 heterocycles. The highest BCUT2D eigenvalue weighted by Crippen LogP contribution is 2.20. The van der Waals surface area contributed by atoms with Crippen LogP contribution in [0.15, 0.2) is 0 Å². The summed E-state index contributed by atoms with van der Waals surface area (Å²) >= 11 is 0. The van der Waals surface area contributed by atoms with Crippen molar-refractivity contribution in [2.75, 3.05) is 27.2 Å². The van der Waals surface area contributed by atoms with Gasteiger partial charge in [0.1, 0.15) is 5.78 Å². The standard InChI is InChI=1S/C11H20N2O2/c1-8-6-13(7-10(8)12(3)4)11(15)5-9(2)14/h8,10H,5-7H2,1-4H3. The highest BCUT2D eigenvalue weighted by Gasteiger charge is 2.33.